The summed E-state index contributed by atoms with van der Waals surface area (Å²) in [6.45, 7) is 5.29. The summed E-state index contributed by atoms with van der Waals surface area (Å²) in [7, 11) is 0. The first kappa shape index (κ1) is 20.4. The van der Waals surface area contributed by atoms with Crippen LogP contribution in [0.3, 0.4) is 0 Å². The van der Waals surface area contributed by atoms with Crippen LogP contribution in [-0.2, 0) is 29.0 Å². The lowest BCUT2D eigenvalue weighted by Gasteiger charge is -2.10. The lowest BCUT2D eigenvalue weighted by Crippen LogP contribution is -2.15. The van der Waals surface area contributed by atoms with Crippen LogP contribution in [0.1, 0.15) is 34.5 Å². The van der Waals surface area contributed by atoms with Gasteiger partial charge < -0.3 is 20.1 Å². The Balaban J connectivity index is 0.000000380. The van der Waals surface area contributed by atoms with Crippen molar-refractivity contribution in [1.82, 2.24) is 9.88 Å². The molecule has 27 heavy (non-hydrogen) atoms. The second-order valence-corrected chi connectivity index (χ2v) is 6.99. The lowest BCUT2D eigenvalue weighted by molar-refractivity contribution is -0.159. The first-order chi connectivity index (χ1) is 13.0. The third kappa shape index (κ3) is 5.06. The predicted molar refractivity (Wildman–Crippen MR) is 102 cm³/mol. The highest BCUT2D eigenvalue weighted by Gasteiger charge is 2.22. The summed E-state index contributed by atoms with van der Waals surface area (Å²) in [6, 6.07) is 6.59. The Labute approximate surface area is 161 Å². The van der Waals surface area contributed by atoms with Crippen LogP contribution >= 0.6 is 11.3 Å². The zero-order chi connectivity index (χ0) is 19.8. The van der Waals surface area contributed by atoms with Crippen molar-refractivity contribution in [1.29, 1.82) is 5.26 Å². The number of rotatable bonds is 5. The van der Waals surface area contributed by atoms with Gasteiger partial charge >= 0.3 is 11.9 Å². The maximum absolute atomic E-state index is 9.58. The van der Waals surface area contributed by atoms with Crippen molar-refractivity contribution in [2.45, 2.75) is 32.2 Å². The Hall–Kier alpha value is -2.89. The van der Waals surface area contributed by atoms with E-state index in [-0.39, 0.29) is 0 Å². The van der Waals surface area contributed by atoms with Gasteiger partial charge in [-0.1, -0.05) is 6.08 Å². The van der Waals surface area contributed by atoms with E-state index in [2.05, 4.69) is 34.8 Å². The molecule has 0 aromatic carbocycles. The number of aromatic nitrogens is 1. The molecule has 2 heterocycles. The van der Waals surface area contributed by atoms with Gasteiger partial charge in [0.2, 0.25) is 0 Å². The largest absolute Gasteiger partial charge is 0.473 e. The highest BCUT2D eigenvalue weighted by atomic mass is 32.1. The molecule has 0 atom stereocenters. The van der Waals surface area contributed by atoms with E-state index in [4.69, 9.17) is 19.8 Å². The quantitative estimate of drug-likeness (QED) is 0.413. The van der Waals surface area contributed by atoms with E-state index < -0.39 is 11.9 Å². The van der Waals surface area contributed by atoms with Gasteiger partial charge in [-0.05, 0) is 43.4 Å². The van der Waals surface area contributed by atoms with E-state index >= 15 is 0 Å². The monoisotopic (exact) mass is 387 g/mol. The van der Waals surface area contributed by atoms with Crippen molar-refractivity contribution in [3.63, 3.8) is 0 Å². The van der Waals surface area contributed by atoms with Crippen LogP contribution in [0.5, 0.6) is 0 Å². The van der Waals surface area contributed by atoms with E-state index in [1.807, 2.05) is 12.1 Å². The molecule has 0 spiro atoms. The maximum atomic E-state index is 9.58. The van der Waals surface area contributed by atoms with Gasteiger partial charge in [-0.15, -0.1) is 17.9 Å². The molecule has 0 saturated carbocycles. The molecule has 3 N–H and O–H groups in total. The van der Waals surface area contributed by atoms with Gasteiger partial charge in [0, 0.05) is 29.9 Å². The van der Waals surface area contributed by atoms with E-state index in [1.165, 1.54) is 29.0 Å². The van der Waals surface area contributed by atoms with Crippen molar-refractivity contribution in [2.75, 3.05) is 6.54 Å². The lowest BCUT2D eigenvalue weighted by atomic mass is 9.96. The fourth-order valence-corrected chi connectivity index (χ4v) is 4.25. The number of thiophene rings is 1. The maximum Gasteiger partial charge on any atom is 0.414 e. The van der Waals surface area contributed by atoms with Crippen molar-refractivity contribution in [2.24, 2.45) is 0 Å². The average Bonchev–Trinajstić information content (AvgIpc) is 3.25. The fraction of sp³-hybridized carbons (Fsp3) is 0.316. The minimum Gasteiger partial charge on any atom is -0.473 e. The van der Waals surface area contributed by atoms with Crippen LogP contribution in [0, 0.1) is 11.3 Å². The summed E-state index contributed by atoms with van der Waals surface area (Å²) in [5.74, 6) is -3.65. The first-order valence-corrected chi connectivity index (χ1v) is 9.30. The molecule has 2 aromatic rings. The van der Waals surface area contributed by atoms with Crippen LogP contribution in [0.4, 0.5) is 0 Å². The van der Waals surface area contributed by atoms with Crippen LogP contribution in [-0.4, -0.2) is 33.3 Å². The second-order valence-electron chi connectivity index (χ2n) is 5.90. The van der Waals surface area contributed by atoms with Crippen molar-refractivity contribution in [3.05, 3.63) is 52.7 Å². The van der Waals surface area contributed by atoms with Gasteiger partial charge in [0.05, 0.1) is 5.56 Å². The number of nitrogens with one attached hydrogen (secondary N) is 1. The Kier molecular flexibility index (Phi) is 7.34. The van der Waals surface area contributed by atoms with E-state index in [0.29, 0.717) is 0 Å². The minimum absolute atomic E-state index is 0.784. The minimum atomic E-state index is -1.82. The number of carboxylic acids is 2. The summed E-state index contributed by atoms with van der Waals surface area (Å²) < 4.78 is 2.16. The van der Waals surface area contributed by atoms with E-state index in [9.17, 15) is 5.26 Å². The van der Waals surface area contributed by atoms with Gasteiger partial charge in [-0.2, -0.15) is 5.26 Å². The van der Waals surface area contributed by atoms with Crippen LogP contribution in [0.15, 0.2) is 31.0 Å². The number of aryl methyl sites for hydroxylation is 1. The highest BCUT2D eigenvalue weighted by Crippen LogP contribution is 2.36. The first-order valence-electron chi connectivity index (χ1n) is 8.48. The molecule has 0 fully saturated rings. The number of carboxylic acid groups (broad SMARTS) is 2. The van der Waals surface area contributed by atoms with Gasteiger partial charge in [0.25, 0.3) is 0 Å². The molecule has 0 saturated heterocycles. The number of hydrogen-bond acceptors (Lipinski definition) is 5. The van der Waals surface area contributed by atoms with Gasteiger partial charge in [-0.25, -0.2) is 9.59 Å². The molecule has 142 valence electrons. The summed E-state index contributed by atoms with van der Waals surface area (Å²) in [5.41, 5.74) is 3.37. The van der Waals surface area contributed by atoms with Gasteiger partial charge in [0.1, 0.15) is 11.1 Å². The number of carbonyl (C=O) groups is 2. The topological polar surface area (TPSA) is 115 Å². The number of aliphatic carboxylic acids is 2. The molecule has 3 rings (SSSR count). The molecule has 7 nitrogen and oxygen atoms in total. The van der Waals surface area contributed by atoms with Crippen LogP contribution in [0.25, 0.3) is 5.00 Å². The summed E-state index contributed by atoms with van der Waals surface area (Å²) in [5, 5.41) is 28.8. The average molecular weight is 387 g/mol. The molecular formula is C19H21N3O4S. The normalized spacial score (nSPS) is 12.3. The van der Waals surface area contributed by atoms with Crippen molar-refractivity contribution in [3.8, 4) is 11.1 Å². The molecular weight excluding hydrogens is 366 g/mol. The molecule has 8 heteroatoms. The summed E-state index contributed by atoms with van der Waals surface area (Å²) >= 11 is 1.79. The molecule has 0 radical (unpaired) electrons. The van der Waals surface area contributed by atoms with Crippen LogP contribution in [0.2, 0.25) is 0 Å². The second kappa shape index (κ2) is 9.71. The summed E-state index contributed by atoms with van der Waals surface area (Å²) in [4.78, 5) is 19.6. The molecule has 1 aliphatic rings. The standard InChI is InChI=1S/C17H19N3S.C2H2O4/c1-2-9-19-12-13-6-5-10-20(13)17-15(11-18)14-7-3-4-8-16(14)21-17;3-1(4)2(5)6/h2,5-6,10,19H,1,3-4,7-9,12H2;(H,3,4)(H,5,6). The Morgan fingerprint density at radius 3 is 2.67 bits per heavy atom. The molecule has 2 aromatic heterocycles. The summed E-state index contributed by atoms with van der Waals surface area (Å²) in [6.07, 6.45) is 8.55. The number of nitriles is 1. The Bertz CT molecular complexity index is 864. The van der Waals surface area contributed by atoms with Crippen molar-refractivity contribution >= 4 is 23.3 Å². The van der Waals surface area contributed by atoms with Gasteiger partial charge in [-0.3, -0.25) is 0 Å². The number of hydrogen-bond donors (Lipinski definition) is 3. The SMILES string of the molecule is C=CCNCc1cccn1-c1sc2c(c1C#N)CCCC2.O=C(O)C(=O)O. The van der Waals surface area contributed by atoms with E-state index in [0.717, 1.165) is 36.5 Å². The Morgan fingerprint density at radius 1 is 1.33 bits per heavy atom. The van der Waals surface area contributed by atoms with Gasteiger partial charge in [0.15, 0.2) is 0 Å². The van der Waals surface area contributed by atoms with Crippen molar-refractivity contribution < 1.29 is 19.8 Å². The third-order valence-corrected chi connectivity index (χ3v) is 5.39. The van der Waals surface area contributed by atoms with Crippen LogP contribution < -0.4 is 5.32 Å². The number of fused-ring (bicyclic) bond motifs is 1. The fourth-order valence-electron chi connectivity index (χ4n) is 2.90. The van der Waals surface area contributed by atoms with E-state index in [1.54, 1.807) is 11.3 Å². The number of nitrogens with zero attached hydrogens (tertiary/aromatic N) is 2. The predicted octanol–water partition coefficient (Wildman–Crippen LogP) is 2.72. The molecule has 0 amide bonds. The Morgan fingerprint density at radius 2 is 2.04 bits per heavy atom. The molecule has 0 aliphatic heterocycles. The zero-order valence-electron chi connectivity index (χ0n) is 14.8. The molecule has 0 unspecified atom stereocenters. The zero-order valence-corrected chi connectivity index (χ0v) is 15.6. The smallest absolute Gasteiger partial charge is 0.414 e. The third-order valence-electron chi connectivity index (χ3n) is 4.09. The molecule has 1 aliphatic carbocycles. The molecule has 0 bridgehead atoms. The highest BCUT2D eigenvalue weighted by molar-refractivity contribution is 7.15.